The molecule has 0 bridgehead atoms. The molecule has 2 aliphatic heterocycles. The zero-order valence-corrected chi connectivity index (χ0v) is 14.5. The molecule has 1 aromatic heterocycles. The molecule has 0 aromatic carbocycles. The third-order valence-corrected chi connectivity index (χ3v) is 5.06. The first-order valence-electron chi connectivity index (χ1n) is 8.31. The SMILES string of the molecule is CC#CCN(C)C(=O)C12CCOCC1CN(c1nccnc1C#N)C2. The van der Waals surface area contributed by atoms with Crippen LogP contribution in [0.4, 0.5) is 5.82 Å². The molecule has 130 valence electrons. The molecule has 0 radical (unpaired) electrons. The molecule has 1 aromatic rings. The van der Waals surface area contributed by atoms with Gasteiger partial charge in [-0.25, -0.2) is 9.97 Å². The first kappa shape index (κ1) is 17.2. The molecule has 25 heavy (non-hydrogen) atoms. The van der Waals surface area contributed by atoms with E-state index in [1.807, 2.05) is 4.90 Å². The third-order valence-electron chi connectivity index (χ3n) is 5.06. The molecule has 0 spiro atoms. The lowest BCUT2D eigenvalue weighted by Crippen LogP contribution is -2.51. The second kappa shape index (κ2) is 7.08. The van der Waals surface area contributed by atoms with Crippen LogP contribution >= 0.6 is 0 Å². The first-order chi connectivity index (χ1) is 12.1. The number of hydrogen-bond donors (Lipinski definition) is 0. The highest BCUT2D eigenvalue weighted by atomic mass is 16.5. The quantitative estimate of drug-likeness (QED) is 0.753. The Kier molecular flexibility index (Phi) is 4.87. The Labute approximate surface area is 147 Å². The predicted molar refractivity (Wildman–Crippen MR) is 91.4 cm³/mol. The van der Waals surface area contributed by atoms with Crippen molar-refractivity contribution in [2.75, 3.05) is 44.8 Å². The van der Waals surface area contributed by atoms with Crippen LogP contribution in [-0.4, -0.2) is 60.7 Å². The summed E-state index contributed by atoms with van der Waals surface area (Å²) in [5.41, 5.74) is -0.234. The van der Waals surface area contributed by atoms with E-state index in [-0.39, 0.29) is 17.5 Å². The summed E-state index contributed by atoms with van der Waals surface area (Å²) in [5, 5.41) is 9.30. The van der Waals surface area contributed by atoms with Crippen molar-refractivity contribution in [3.63, 3.8) is 0 Å². The van der Waals surface area contributed by atoms with E-state index >= 15 is 0 Å². The molecule has 0 N–H and O–H groups in total. The van der Waals surface area contributed by atoms with Gasteiger partial charge in [0.15, 0.2) is 11.5 Å². The molecule has 1 amide bonds. The zero-order valence-electron chi connectivity index (χ0n) is 14.5. The van der Waals surface area contributed by atoms with Crippen LogP contribution in [0.5, 0.6) is 0 Å². The van der Waals surface area contributed by atoms with Crippen molar-refractivity contribution in [3.05, 3.63) is 18.1 Å². The highest BCUT2D eigenvalue weighted by Gasteiger charge is 2.55. The molecule has 3 heterocycles. The Morgan fingerprint density at radius 2 is 2.32 bits per heavy atom. The van der Waals surface area contributed by atoms with Gasteiger partial charge in [0.2, 0.25) is 5.91 Å². The Balaban J connectivity index is 1.90. The Morgan fingerprint density at radius 3 is 3.08 bits per heavy atom. The van der Waals surface area contributed by atoms with Gasteiger partial charge in [-0.3, -0.25) is 4.79 Å². The maximum Gasteiger partial charge on any atom is 0.231 e. The molecule has 3 rings (SSSR count). The third kappa shape index (κ3) is 3.04. The van der Waals surface area contributed by atoms with Gasteiger partial charge in [0, 0.05) is 45.1 Å². The normalized spacial score (nSPS) is 24.7. The molecule has 0 aliphatic carbocycles. The van der Waals surface area contributed by atoms with E-state index in [1.54, 1.807) is 25.1 Å². The maximum atomic E-state index is 13.2. The van der Waals surface area contributed by atoms with E-state index < -0.39 is 5.41 Å². The van der Waals surface area contributed by atoms with Gasteiger partial charge in [-0.15, -0.1) is 5.92 Å². The van der Waals surface area contributed by atoms with E-state index in [4.69, 9.17) is 4.74 Å². The number of nitriles is 1. The summed E-state index contributed by atoms with van der Waals surface area (Å²) in [6, 6.07) is 2.09. The highest BCUT2D eigenvalue weighted by Crippen LogP contribution is 2.44. The zero-order chi connectivity index (χ0) is 17.9. The van der Waals surface area contributed by atoms with Crippen LogP contribution in [0, 0.1) is 34.5 Å². The second-order valence-corrected chi connectivity index (χ2v) is 6.49. The van der Waals surface area contributed by atoms with E-state index in [0.29, 0.717) is 45.1 Å². The molecular formula is C18H21N5O2. The molecule has 2 aliphatic rings. The summed E-state index contributed by atoms with van der Waals surface area (Å²) in [5.74, 6) is 6.48. The van der Waals surface area contributed by atoms with Crippen molar-refractivity contribution in [1.82, 2.24) is 14.9 Å². The van der Waals surface area contributed by atoms with Gasteiger partial charge in [-0.2, -0.15) is 5.26 Å². The Morgan fingerprint density at radius 1 is 1.52 bits per heavy atom. The average molecular weight is 339 g/mol. The molecular weight excluding hydrogens is 318 g/mol. The van der Waals surface area contributed by atoms with Crippen LogP contribution in [0.25, 0.3) is 0 Å². The van der Waals surface area contributed by atoms with Crippen molar-refractivity contribution >= 4 is 11.7 Å². The first-order valence-corrected chi connectivity index (χ1v) is 8.31. The lowest BCUT2D eigenvalue weighted by molar-refractivity contribution is -0.148. The van der Waals surface area contributed by atoms with Crippen molar-refractivity contribution in [2.24, 2.45) is 11.3 Å². The van der Waals surface area contributed by atoms with Crippen molar-refractivity contribution in [3.8, 4) is 17.9 Å². The van der Waals surface area contributed by atoms with Crippen LogP contribution in [0.2, 0.25) is 0 Å². The minimum atomic E-state index is -0.521. The Bertz CT molecular complexity index is 763. The average Bonchev–Trinajstić information content (AvgIpc) is 3.06. The fraction of sp³-hybridized carbons (Fsp3) is 0.556. The summed E-state index contributed by atoms with van der Waals surface area (Å²) >= 11 is 0. The van der Waals surface area contributed by atoms with Crippen molar-refractivity contribution in [2.45, 2.75) is 13.3 Å². The van der Waals surface area contributed by atoms with Gasteiger partial charge in [0.1, 0.15) is 6.07 Å². The van der Waals surface area contributed by atoms with Gasteiger partial charge in [-0.1, -0.05) is 5.92 Å². The number of fused-ring (bicyclic) bond motifs is 1. The summed E-state index contributed by atoms with van der Waals surface area (Å²) in [6.45, 7) is 4.44. The molecule has 2 saturated heterocycles. The number of carbonyl (C=O) groups is 1. The van der Waals surface area contributed by atoms with Crippen LogP contribution in [0.3, 0.4) is 0 Å². The summed E-state index contributed by atoms with van der Waals surface area (Å²) in [4.78, 5) is 25.3. The number of aromatic nitrogens is 2. The highest BCUT2D eigenvalue weighted by molar-refractivity contribution is 5.85. The topological polar surface area (TPSA) is 82.3 Å². The monoisotopic (exact) mass is 339 g/mol. The number of anilines is 1. The standard InChI is InChI=1S/C18H21N5O2/c1-3-4-8-22(2)17(24)18-5-9-25-12-14(18)11-23(13-18)16-15(10-19)20-6-7-21-16/h6-7,14H,5,8-9,11-13H2,1-2H3. The maximum absolute atomic E-state index is 13.2. The number of amides is 1. The molecule has 7 heteroatoms. The number of rotatable bonds is 3. The number of hydrogen-bond acceptors (Lipinski definition) is 6. The number of ether oxygens (including phenoxy) is 1. The molecule has 2 unspecified atom stereocenters. The van der Waals surface area contributed by atoms with Gasteiger partial charge in [-0.05, 0) is 13.3 Å². The van der Waals surface area contributed by atoms with Crippen LogP contribution in [0.15, 0.2) is 12.4 Å². The predicted octanol–water partition coefficient (Wildman–Crippen LogP) is 0.673. The fourth-order valence-electron chi connectivity index (χ4n) is 3.75. The van der Waals surface area contributed by atoms with E-state index in [1.165, 1.54) is 6.20 Å². The second-order valence-electron chi connectivity index (χ2n) is 6.49. The lowest BCUT2D eigenvalue weighted by atomic mass is 9.73. The van der Waals surface area contributed by atoms with E-state index in [2.05, 4.69) is 27.9 Å². The van der Waals surface area contributed by atoms with Crippen LogP contribution < -0.4 is 4.90 Å². The molecule has 7 nitrogen and oxygen atoms in total. The molecule has 0 saturated carbocycles. The fourth-order valence-corrected chi connectivity index (χ4v) is 3.75. The van der Waals surface area contributed by atoms with Gasteiger partial charge in [0.25, 0.3) is 0 Å². The summed E-state index contributed by atoms with van der Waals surface area (Å²) < 4.78 is 5.63. The van der Waals surface area contributed by atoms with E-state index in [0.717, 1.165) is 0 Å². The summed E-state index contributed by atoms with van der Waals surface area (Å²) in [7, 11) is 1.79. The molecule has 2 fully saturated rings. The van der Waals surface area contributed by atoms with E-state index in [9.17, 15) is 10.1 Å². The summed E-state index contributed by atoms with van der Waals surface area (Å²) in [6.07, 6.45) is 3.75. The lowest BCUT2D eigenvalue weighted by Gasteiger charge is -2.39. The van der Waals surface area contributed by atoms with Crippen molar-refractivity contribution in [1.29, 1.82) is 5.26 Å². The van der Waals surface area contributed by atoms with Gasteiger partial charge >= 0.3 is 0 Å². The van der Waals surface area contributed by atoms with Crippen LogP contribution in [0.1, 0.15) is 19.0 Å². The minimum Gasteiger partial charge on any atom is -0.381 e. The number of carbonyl (C=O) groups excluding carboxylic acids is 1. The van der Waals surface area contributed by atoms with Gasteiger partial charge in [0.05, 0.1) is 18.6 Å². The smallest absolute Gasteiger partial charge is 0.231 e. The van der Waals surface area contributed by atoms with Gasteiger partial charge < -0.3 is 14.5 Å². The largest absolute Gasteiger partial charge is 0.381 e. The van der Waals surface area contributed by atoms with Crippen LogP contribution in [-0.2, 0) is 9.53 Å². The van der Waals surface area contributed by atoms with Crippen molar-refractivity contribution < 1.29 is 9.53 Å². The number of nitrogens with zero attached hydrogens (tertiary/aromatic N) is 5. The minimum absolute atomic E-state index is 0.0688. The molecule has 2 atom stereocenters. The Hall–Kier alpha value is -2.64.